The van der Waals surface area contributed by atoms with Gasteiger partial charge >= 0.3 is 6.03 Å². The van der Waals surface area contributed by atoms with E-state index in [2.05, 4.69) is 28.9 Å². The quantitative estimate of drug-likeness (QED) is 0.739. The molecule has 18 heavy (non-hydrogen) atoms. The van der Waals surface area contributed by atoms with Crippen LogP contribution in [0.15, 0.2) is 12.4 Å². The molecule has 3 heterocycles. The standard InChI is InChI=1S/C12H19N5O/c1-10(2)15-7-3-12(9-15)4-8-16(12)11(18)17-13-5-6-14-17/h5-6,10H,3-4,7-9H2,1-2H3. The molecule has 1 aromatic rings. The summed E-state index contributed by atoms with van der Waals surface area (Å²) < 4.78 is 0. The van der Waals surface area contributed by atoms with Gasteiger partial charge in [-0.1, -0.05) is 4.80 Å². The molecule has 1 amide bonds. The molecule has 1 spiro atoms. The Morgan fingerprint density at radius 1 is 1.22 bits per heavy atom. The Morgan fingerprint density at radius 2 is 1.89 bits per heavy atom. The zero-order chi connectivity index (χ0) is 12.8. The fourth-order valence-corrected chi connectivity index (χ4v) is 3.01. The second-order valence-corrected chi connectivity index (χ2v) is 5.54. The third kappa shape index (κ3) is 1.63. The van der Waals surface area contributed by atoms with E-state index in [0.29, 0.717) is 6.04 Å². The highest BCUT2D eigenvalue weighted by atomic mass is 16.2. The summed E-state index contributed by atoms with van der Waals surface area (Å²) in [5.74, 6) is 0. The van der Waals surface area contributed by atoms with Gasteiger partial charge in [-0.15, -0.1) is 0 Å². The average molecular weight is 249 g/mol. The number of nitrogens with zero attached hydrogens (tertiary/aromatic N) is 5. The number of aromatic nitrogens is 3. The molecular weight excluding hydrogens is 230 g/mol. The molecule has 0 saturated carbocycles. The molecule has 1 aromatic heterocycles. The first kappa shape index (κ1) is 11.6. The van der Waals surface area contributed by atoms with Crippen LogP contribution in [0.1, 0.15) is 26.7 Å². The number of hydrogen-bond donors (Lipinski definition) is 0. The molecule has 0 bridgehead atoms. The maximum absolute atomic E-state index is 12.3. The Kier molecular flexibility index (Phi) is 2.62. The van der Waals surface area contributed by atoms with Gasteiger partial charge in [0.2, 0.25) is 0 Å². The molecule has 2 aliphatic rings. The topological polar surface area (TPSA) is 54.3 Å². The Hall–Kier alpha value is -1.43. The van der Waals surface area contributed by atoms with Crippen LogP contribution in [0.2, 0.25) is 0 Å². The molecular formula is C12H19N5O. The van der Waals surface area contributed by atoms with E-state index in [1.807, 2.05) is 4.90 Å². The molecule has 2 saturated heterocycles. The van der Waals surface area contributed by atoms with Crippen LogP contribution in [0.4, 0.5) is 4.79 Å². The number of likely N-dealkylation sites (tertiary alicyclic amines) is 2. The van der Waals surface area contributed by atoms with Crippen molar-refractivity contribution in [2.75, 3.05) is 19.6 Å². The summed E-state index contributed by atoms with van der Waals surface area (Å²) in [4.78, 5) is 17.8. The smallest absolute Gasteiger partial charge is 0.314 e. The first-order chi connectivity index (χ1) is 8.62. The molecule has 1 atom stereocenters. The fourth-order valence-electron chi connectivity index (χ4n) is 3.01. The molecule has 0 aliphatic carbocycles. The number of amides is 1. The molecule has 0 aromatic carbocycles. The van der Waals surface area contributed by atoms with Crippen LogP contribution in [0.5, 0.6) is 0 Å². The van der Waals surface area contributed by atoms with Crippen LogP contribution in [0, 0.1) is 0 Å². The third-order valence-corrected chi connectivity index (χ3v) is 4.29. The number of rotatable bonds is 1. The average Bonchev–Trinajstić information content (AvgIpc) is 2.98. The maximum atomic E-state index is 12.3. The summed E-state index contributed by atoms with van der Waals surface area (Å²) >= 11 is 0. The summed E-state index contributed by atoms with van der Waals surface area (Å²) in [6.07, 6.45) is 5.25. The predicted octanol–water partition coefficient (Wildman–Crippen LogP) is 0.805. The molecule has 1 unspecified atom stereocenters. The van der Waals surface area contributed by atoms with Crippen molar-refractivity contribution >= 4 is 6.03 Å². The van der Waals surface area contributed by atoms with Gasteiger partial charge in [0.1, 0.15) is 0 Å². The molecule has 98 valence electrons. The van der Waals surface area contributed by atoms with Crippen LogP contribution in [-0.2, 0) is 0 Å². The van der Waals surface area contributed by atoms with E-state index < -0.39 is 0 Å². The largest absolute Gasteiger partial charge is 0.362 e. The summed E-state index contributed by atoms with van der Waals surface area (Å²) in [5, 5.41) is 7.86. The van der Waals surface area contributed by atoms with Crippen molar-refractivity contribution in [1.82, 2.24) is 24.8 Å². The van der Waals surface area contributed by atoms with Crippen molar-refractivity contribution in [3.63, 3.8) is 0 Å². The van der Waals surface area contributed by atoms with Crippen molar-refractivity contribution in [1.29, 1.82) is 0 Å². The Labute approximate surface area is 107 Å². The van der Waals surface area contributed by atoms with Gasteiger partial charge in [-0.25, -0.2) is 4.79 Å². The lowest BCUT2D eigenvalue weighted by molar-refractivity contribution is 0.0260. The Morgan fingerprint density at radius 3 is 2.39 bits per heavy atom. The van der Waals surface area contributed by atoms with E-state index in [1.54, 1.807) is 12.4 Å². The van der Waals surface area contributed by atoms with E-state index in [0.717, 1.165) is 32.5 Å². The predicted molar refractivity (Wildman–Crippen MR) is 66.2 cm³/mol. The minimum absolute atomic E-state index is 0.0367. The van der Waals surface area contributed by atoms with Gasteiger partial charge in [0.15, 0.2) is 0 Å². The SMILES string of the molecule is CC(C)N1CCC2(CCN2C(=O)n2nccn2)C1. The summed E-state index contributed by atoms with van der Waals surface area (Å²) in [7, 11) is 0. The lowest BCUT2D eigenvalue weighted by Crippen LogP contribution is -2.64. The number of hydrogen-bond acceptors (Lipinski definition) is 4. The second kappa shape index (κ2) is 4.05. The van der Waals surface area contributed by atoms with E-state index in [9.17, 15) is 4.79 Å². The van der Waals surface area contributed by atoms with Gasteiger partial charge in [-0.05, 0) is 26.7 Å². The monoisotopic (exact) mass is 249 g/mol. The van der Waals surface area contributed by atoms with Gasteiger partial charge < -0.3 is 4.90 Å². The zero-order valence-corrected chi connectivity index (χ0v) is 10.9. The van der Waals surface area contributed by atoms with Crippen LogP contribution in [0.3, 0.4) is 0 Å². The molecule has 0 N–H and O–H groups in total. The normalized spacial score (nSPS) is 28.1. The van der Waals surface area contributed by atoms with Gasteiger partial charge in [-0.2, -0.15) is 10.2 Å². The Balaban J connectivity index is 1.74. The second-order valence-electron chi connectivity index (χ2n) is 5.54. The molecule has 2 fully saturated rings. The molecule has 2 aliphatic heterocycles. The van der Waals surface area contributed by atoms with Crippen LogP contribution in [0.25, 0.3) is 0 Å². The Bertz CT molecular complexity index is 443. The lowest BCUT2D eigenvalue weighted by atomic mass is 9.84. The van der Waals surface area contributed by atoms with Crippen molar-refractivity contribution in [2.45, 2.75) is 38.3 Å². The highest BCUT2D eigenvalue weighted by Gasteiger charge is 2.52. The van der Waals surface area contributed by atoms with Crippen LogP contribution in [-0.4, -0.2) is 62.0 Å². The van der Waals surface area contributed by atoms with E-state index in [4.69, 9.17) is 0 Å². The first-order valence-corrected chi connectivity index (χ1v) is 6.55. The van der Waals surface area contributed by atoms with Crippen molar-refractivity contribution in [2.24, 2.45) is 0 Å². The van der Waals surface area contributed by atoms with Crippen LogP contribution >= 0.6 is 0 Å². The minimum atomic E-state index is -0.0862. The molecule has 0 radical (unpaired) electrons. The van der Waals surface area contributed by atoms with Gasteiger partial charge in [0, 0.05) is 25.7 Å². The minimum Gasteiger partial charge on any atom is -0.314 e. The first-order valence-electron chi connectivity index (χ1n) is 6.55. The highest BCUT2D eigenvalue weighted by molar-refractivity contribution is 5.77. The zero-order valence-electron chi connectivity index (χ0n) is 10.9. The summed E-state index contributed by atoms with van der Waals surface area (Å²) in [6, 6.07) is 0.460. The molecule has 3 rings (SSSR count). The van der Waals surface area contributed by atoms with Crippen LogP contribution < -0.4 is 0 Å². The number of carbonyl (C=O) groups is 1. The van der Waals surface area contributed by atoms with Crippen molar-refractivity contribution < 1.29 is 4.79 Å². The highest BCUT2D eigenvalue weighted by Crippen LogP contribution is 2.39. The molecule has 6 nitrogen and oxygen atoms in total. The molecule has 6 heteroatoms. The fraction of sp³-hybridized carbons (Fsp3) is 0.750. The van der Waals surface area contributed by atoms with E-state index in [1.165, 1.54) is 4.80 Å². The van der Waals surface area contributed by atoms with E-state index >= 15 is 0 Å². The third-order valence-electron chi connectivity index (χ3n) is 4.29. The summed E-state index contributed by atoms with van der Waals surface area (Å²) in [6.45, 7) is 7.30. The van der Waals surface area contributed by atoms with Crippen molar-refractivity contribution in [3.8, 4) is 0 Å². The number of carbonyl (C=O) groups excluding carboxylic acids is 1. The maximum Gasteiger partial charge on any atom is 0.362 e. The summed E-state index contributed by atoms with van der Waals surface area (Å²) in [5.41, 5.74) is 0.0367. The van der Waals surface area contributed by atoms with E-state index in [-0.39, 0.29) is 11.6 Å². The van der Waals surface area contributed by atoms with Crippen molar-refractivity contribution in [3.05, 3.63) is 12.4 Å². The van der Waals surface area contributed by atoms with Gasteiger partial charge in [-0.3, -0.25) is 4.90 Å². The van der Waals surface area contributed by atoms with Gasteiger partial charge in [0.25, 0.3) is 0 Å². The van der Waals surface area contributed by atoms with Gasteiger partial charge in [0.05, 0.1) is 17.9 Å². The lowest BCUT2D eigenvalue weighted by Gasteiger charge is -2.50.